The highest BCUT2D eigenvalue weighted by molar-refractivity contribution is 5.98. The van der Waals surface area contributed by atoms with Crippen molar-refractivity contribution in [2.75, 3.05) is 6.61 Å². The summed E-state index contributed by atoms with van der Waals surface area (Å²) in [5, 5.41) is 4.31. The fourth-order valence-electron chi connectivity index (χ4n) is 3.54. The summed E-state index contributed by atoms with van der Waals surface area (Å²) in [7, 11) is 0. The molecule has 0 atom stereocenters. The van der Waals surface area contributed by atoms with Crippen LogP contribution in [0.1, 0.15) is 79.1 Å². The van der Waals surface area contributed by atoms with E-state index in [-0.39, 0.29) is 12.4 Å². The van der Waals surface area contributed by atoms with Gasteiger partial charge < -0.3 is 9.57 Å². The van der Waals surface area contributed by atoms with Gasteiger partial charge in [-0.3, -0.25) is 4.79 Å². The molecule has 0 unspecified atom stereocenters. The van der Waals surface area contributed by atoms with Gasteiger partial charge in [0, 0.05) is 5.56 Å². The van der Waals surface area contributed by atoms with E-state index in [2.05, 4.69) is 51.0 Å². The summed E-state index contributed by atoms with van der Waals surface area (Å²) in [6, 6.07) is 23.3. The first-order valence-electron chi connectivity index (χ1n) is 11.5. The van der Waals surface area contributed by atoms with Crippen molar-refractivity contribution in [1.82, 2.24) is 0 Å². The highest BCUT2D eigenvalue weighted by atomic mass is 16.6. The molecule has 0 saturated heterocycles. The maximum Gasteiger partial charge on any atom is 0.200 e. The van der Waals surface area contributed by atoms with Crippen LogP contribution in [0.2, 0.25) is 0 Å². The van der Waals surface area contributed by atoms with Crippen LogP contribution in [0.5, 0.6) is 5.75 Å². The standard InChI is InChI=1S/C29H33NO3/c1-20(2)25-11-12-26(28(17-25)21(3)4)18-33-30-22(5)23-13-15-27(16-14-23)32-19-29(31)24-9-7-6-8-10-24/h6-17,20-21H,18-19H2,1-5H3/b30-22+. The van der Waals surface area contributed by atoms with Gasteiger partial charge in [-0.25, -0.2) is 0 Å². The molecule has 0 fully saturated rings. The zero-order valence-corrected chi connectivity index (χ0v) is 20.2. The van der Waals surface area contributed by atoms with Crippen molar-refractivity contribution >= 4 is 11.5 Å². The Kier molecular flexibility index (Phi) is 8.42. The highest BCUT2D eigenvalue weighted by Crippen LogP contribution is 2.25. The Bertz CT molecular complexity index is 1080. The number of ketones is 1. The predicted octanol–water partition coefficient (Wildman–Crippen LogP) is 7.14. The molecule has 3 aromatic carbocycles. The molecular formula is C29H33NO3. The summed E-state index contributed by atoms with van der Waals surface area (Å²) in [5.74, 6) is 1.52. The smallest absolute Gasteiger partial charge is 0.200 e. The number of oxime groups is 1. The SMILES string of the molecule is C/C(=N\OCc1ccc(C(C)C)cc1C(C)C)c1ccc(OCC(=O)c2ccccc2)cc1. The Hall–Kier alpha value is -3.40. The van der Waals surface area contributed by atoms with Crippen LogP contribution in [0.4, 0.5) is 0 Å². The molecule has 33 heavy (non-hydrogen) atoms. The quantitative estimate of drug-likeness (QED) is 0.190. The van der Waals surface area contributed by atoms with Gasteiger partial charge in [-0.1, -0.05) is 81.4 Å². The molecule has 0 N–H and O–H groups in total. The number of hydrogen-bond acceptors (Lipinski definition) is 4. The van der Waals surface area contributed by atoms with Crippen LogP contribution in [0.25, 0.3) is 0 Å². The third kappa shape index (κ3) is 6.79. The summed E-state index contributed by atoms with van der Waals surface area (Å²) in [5.41, 5.74) is 6.18. The van der Waals surface area contributed by atoms with Gasteiger partial charge in [0.05, 0.1) is 5.71 Å². The minimum absolute atomic E-state index is 0.00727. The summed E-state index contributed by atoms with van der Waals surface area (Å²) in [6.45, 7) is 11.2. The van der Waals surface area contributed by atoms with Crippen LogP contribution < -0.4 is 4.74 Å². The van der Waals surface area contributed by atoms with Crippen LogP contribution >= 0.6 is 0 Å². The molecule has 0 amide bonds. The van der Waals surface area contributed by atoms with Crippen molar-refractivity contribution in [2.45, 2.75) is 53.1 Å². The van der Waals surface area contributed by atoms with Gasteiger partial charge in [-0.15, -0.1) is 0 Å². The third-order valence-electron chi connectivity index (χ3n) is 5.62. The van der Waals surface area contributed by atoms with E-state index in [0.29, 0.717) is 29.8 Å². The number of nitrogens with zero attached hydrogens (tertiary/aromatic N) is 1. The number of Topliss-reactive ketones (excluding diaryl/α,β-unsaturated/α-hetero) is 1. The van der Waals surface area contributed by atoms with E-state index in [9.17, 15) is 4.79 Å². The molecule has 4 nitrogen and oxygen atoms in total. The molecule has 0 heterocycles. The van der Waals surface area contributed by atoms with Gasteiger partial charge in [-0.2, -0.15) is 0 Å². The molecule has 0 aliphatic heterocycles. The number of carbonyl (C=O) groups excluding carboxylic acids is 1. The molecule has 172 valence electrons. The summed E-state index contributed by atoms with van der Waals surface area (Å²) in [4.78, 5) is 17.9. The van der Waals surface area contributed by atoms with E-state index in [1.807, 2.05) is 49.4 Å². The molecule has 0 saturated carbocycles. The lowest BCUT2D eigenvalue weighted by molar-refractivity contribution is 0.0921. The van der Waals surface area contributed by atoms with E-state index in [1.165, 1.54) is 11.1 Å². The van der Waals surface area contributed by atoms with Gasteiger partial charge in [0.2, 0.25) is 0 Å². The van der Waals surface area contributed by atoms with Gasteiger partial charge in [0.15, 0.2) is 12.4 Å². The monoisotopic (exact) mass is 443 g/mol. The minimum Gasteiger partial charge on any atom is -0.485 e. The fraction of sp³-hybridized carbons (Fsp3) is 0.310. The van der Waals surface area contributed by atoms with Crippen LogP contribution in [0.3, 0.4) is 0 Å². The van der Waals surface area contributed by atoms with E-state index in [1.54, 1.807) is 12.1 Å². The average molecular weight is 444 g/mol. The third-order valence-corrected chi connectivity index (χ3v) is 5.62. The first kappa shape index (κ1) is 24.2. The molecule has 0 aromatic heterocycles. The molecule has 0 spiro atoms. The van der Waals surface area contributed by atoms with Gasteiger partial charge in [0.25, 0.3) is 0 Å². The number of hydrogen-bond donors (Lipinski definition) is 0. The van der Waals surface area contributed by atoms with Crippen molar-refractivity contribution in [3.8, 4) is 5.75 Å². The van der Waals surface area contributed by atoms with E-state index in [4.69, 9.17) is 9.57 Å². The number of carbonyl (C=O) groups is 1. The molecule has 3 rings (SSSR count). The second-order valence-corrected chi connectivity index (χ2v) is 8.82. The van der Waals surface area contributed by atoms with Crippen molar-refractivity contribution < 1.29 is 14.4 Å². The predicted molar refractivity (Wildman–Crippen MR) is 134 cm³/mol. The van der Waals surface area contributed by atoms with Crippen molar-refractivity contribution in [3.63, 3.8) is 0 Å². The maximum atomic E-state index is 12.2. The Morgan fingerprint density at radius 2 is 1.55 bits per heavy atom. The first-order valence-corrected chi connectivity index (χ1v) is 11.5. The van der Waals surface area contributed by atoms with Crippen LogP contribution in [-0.4, -0.2) is 18.1 Å². The van der Waals surface area contributed by atoms with Gasteiger partial charge in [0.1, 0.15) is 12.4 Å². The Morgan fingerprint density at radius 3 is 2.18 bits per heavy atom. The number of rotatable bonds is 10. The molecule has 0 bridgehead atoms. The average Bonchev–Trinajstić information content (AvgIpc) is 2.83. The Morgan fingerprint density at radius 1 is 0.848 bits per heavy atom. The van der Waals surface area contributed by atoms with Crippen LogP contribution in [0.15, 0.2) is 78.0 Å². The number of ether oxygens (including phenoxy) is 1. The van der Waals surface area contributed by atoms with Crippen LogP contribution in [-0.2, 0) is 11.4 Å². The van der Waals surface area contributed by atoms with Crippen molar-refractivity contribution in [2.24, 2.45) is 5.16 Å². The van der Waals surface area contributed by atoms with Crippen molar-refractivity contribution in [3.05, 3.63) is 101 Å². The highest BCUT2D eigenvalue weighted by Gasteiger charge is 2.11. The normalized spacial score (nSPS) is 11.7. The molecule has 0 aliphatic carbocycles. The van der Waals surface area contributed by atoms with Crippen LogP contribution in [0, 0.1) is 0 Å². The lowest BCUT2D eigenvalue weighted by atomic mass is 9.92. The number of benzene rings is 3. The molecule has 0 radical (unpaired) electrons. The lowest BCUT2D eigenvalue weighted by Crippen LogP contribution is -2.11. The maximum absolute atomic E-state index is 12.2. The molecule has 3 aromatic rings. The first-order chi connectivity index (χ1) is 15.8. The topological polar surface area (TPSA) is 47.9 Å². The fourth-order valence-corrected chi connectivity index (χ4v) is 3.54. The molecular weight excluding hydrogens is 410 g/mol. The van der Waals surface area contributed by atoms with Crippen molar-refractivity contribution in [1.29, 1.82) is 0 Å². The van der Waals surface area contributed by atoms with E-state index in [0.717, 1.165) is 16.8 Å². The van der Waals surface area contributed by atoms with E-state index >= 15 is 0 Å². The summed E-state index contributed by atoms with van der Waals surface area (Å²) < 4.78 is 5.64. The molecule has 0 aliphatic rings. The second kappa shape index (κ2) is 11.5. The van der Waals surface area contributed by atoms with Gasteiger partial charge >= 0.3 is 0 Å². The summed E-state index contributed by atoms with van der Waals surface area (Å²) in [6.07, 6.45) is 0. The van der Waals surface area contributed by atoms with Gasteiger partial charge in [-0.05, 0) is 65.3 Å². The Balaban J connectivity index is 1.57. The lowest BCUT2D eigenvalue weighted by Gasteiger charge is -2.16. The largest absolute Gasteiger partial charge is 0.485 e. The van der Waals surface area contributed by atoms with E-state index < -0.39 is 0 Å². The zero-order valence-electron chi connectivity index (χ0n) is 20.2. The minimum atomic E-state index is -0.0481. The Labute approximate surface area is 197 Å². The second-order valence-electron chi connectivity index (χ2n) is 8.82. The zero-order chi connectivity index (χ0) is 23.8. The summed E-state index contributed by atoms with van der Waals surface area (Å²) >= 11 is 0. The molecule has 4 heteroatoms.